The standard InChI is InChI=1S/C16H22FN5O3S.ClH/c1-10(2)21-26(23,24)11-4-5-13(17)12(8-11)16-19-15(20-25-16)14-9-18-6-7-22(14)3;/h4-5,8,10,14,18,21H,6-7,9H2,1-3H3;1H. The van der Waals surface area contributed by atoms with Crippen molar-refractivity contribution < 1.29 is 17.3 Å². The van der Waals surface area contributed by atoms with E-state index >= 15 is 0 Å². The number of nitrogens with zero attached hydrogens (tertiary/aromatic N) is 3. The van der Waals surface area contributed by atoms with Gasteiger partial charge in [0.25, 0.3) is 5.89 Å². The van der Waals surface area contributed by atoms with Gasteiger partial charge in [-0.25, -0.2) is 17.5 Å². The van der Waals surface area contributed by atoms with Crippen LogP contribution < -0.4 is 10.0 Å². The lowest BCUT2D eigenvalue weighted by molar-refractivity contribution is 0.190. The summed E-state index contributed by atoms with van der Waals surface area (Å²) in [5.41, 5.74) is -0.0400. The summed E-state index contributed by atoms with van der Waals surface area (Å²) >= 11 is 0. The van der Waals surface area contributed by atoms with Gasteiger partial charge in [0.05, 0.1) is 16.5 Å². The van der Waals surface area contributed by atoms with E-state index in [2.05, 4.69) is 25.1 Å². The lowest BCUT2D eigenvalue weighted by Gasteiger charge is -2.30. The maximum Gasteiger partial charge on any atom is 0.261 e. The van der Waals surface area contributed by atoms with Crippen molar-refractivity contribution in [1.82, 2.24) is 25.1 Å². The fourth-order valence-corrected chi connectivity index (χ4v) is 4.06. The third-order valence-electron chi connectivity index (χ3n) is 4.12. The molecule has 8 nitrogen and oxygen atoms in total. The van der Waals surface area contributed by atoms with Crippen LogP contribution in [-0.2, 0) is 10.0 Å². The molecule has 1 aromatic carbocycles. The molecule has 0 radical (unpaired) electrons. The number of hydrogen-bond donors (Lipinski definition) is 2. The molecule has 0 saturated carbocycles. The Bertz CT molecular complexity index is 890. The van der Waals surface area contributed by atoms with Crippen molar-refractivity contribution in [3.63, 3.8) is 0 Å². The molecule has 0 amide bonds. The van der Waals surface area contributed by atoms with Crippen LogP contribution in [0.25, 0.3) is 11.5 Å². The smallest absolute Gasteiger partial charge is 0.261 e. The van der Waals surface area contributed by atoms with Gasteiger partial charge in [0.2, 0.25) is 10.0 Å². The minimum absolute atomic E-state index is 0. The second-order valence-corrected chi connectivity index (χ2v) is 8.29. The third kappa shape index (κ3) is 4.82. The van der Waals surface area contributed by atoms with Crippen LogP contribution >= 0.6 is 12.4 Å². The van der Waals surface area contributed by atoms with Crippen molar-refractivity contribution in [3.05, 3.63) is 29.8 Å². The Morgan fingerprint density at radius 1 is 1.41 bits per heavy atom. The molecular formula is C16H23ClFN5O3S. The number of rotatable bonds is 5. The fourth-order valence-electron chi connectivity index (χ4n) is 2.79. The summed E-state index contributed by atoms with van der Waals surface area (Å²) in [4.78, 5) is 6.31. The average molecular weight is 420 g/mol. The molecule has 1 aromatic heterocycles. The SMILES string of the molecule is CC(C)NS(=O)(=O)c1ccc(F)c(-c2nc(C3CNCCN3C)no2)c1.Cl. The maximum atomic E-state index is 14.3. The number of piperazine rings is 1. The third-order valence-corrected chi connectivity index (χ3v) is 5.78. The van der Waals surface area contributed by atoms with E-state index < -0.39 is 15.8 Å². The first-order valence-corrected chi connectivity index (χ1v) is 9.83. The van der Waals surface area contributed by atoms with Crippen molar-refractivity contribution in [3.8, 4) is 11.5 Å². The van der Waals surface area contributed by atoms with Crippen LogP contribution in [0.5, 0.6) is 0 Å². The molecule has 150 valence electrons. The van der Waals surface area contributed by atoms with Crippen molar-refractivity contribution in [1.29, 1.82) is 0 Å². The van der Waals surface area contributed by atoms with E-state index in [1.54, 1.807) is 13.8 Å². The first-order chi connectivity index (χ1) is 12.3. The number of benzene rings is 1. The summed E-state index contributed by atoms with van der Waals surface area (Å²) in [6, 6.07) is 3.14. The highest BCUT2D eigenvalue weighted by molar-refractivity contribution is 7.89. The van der Waals surface area contributed by atoms with E-state index in [0.29, 0.717) is 12.4 Å². The Labute approximate surface area is 164 Å². The van der Waals surface area contributed by atoms with Crippen molar-refractivity contribution in [2.45, 2.75) is 30.8 Å². The van der Waals surface area contributed by atoms with Crippen LogP contribution in [0, 0.1) is 5.82 Å². The lowest BCUT2D eigenvalue weighted by Crippen LogP contribution is -2.44. The highest BCUT2D eigenvalue weighted by Crippen LogP contribution is 2.27. The summed E-state index contributed by atoms with van der Waals surface area (Å²) in [5, 5.41) is 7.19. The number of aromatic nitrogens is 2. The van der Waals surface area contributed by atoms with Gasteiger partial charge in [-0.1, -0.05) is 5.16 Å². The molecular weight excluding hydrogens is 397 g/mol. The highest BCUT2D eigenvalue weighted by atomic mass is 35.5. The zero-order chi connectivity index (χ0) is 18.9. The molecule has 1 aliphatic rings. The molecule has 1 aliphatic heterocycles. The molecule has 1 unspecified atom stereocenters. The van der Waals surface area contributed by atoms with Gasteiger partial charge in [-0.15, -0.1) is 12.4 Å². The van der Waals surface area contributed by atoms with Gasteiger partial charge in [-0.05, 0) is 39.1 Å². The lowest BCUT2D eigenvalue weighted by atomic mass is 10.2. The van der Waals surface area contributed by atoms with E-state index in [1.165, 1.54) is 12.1 Å². The van der Waals surface area contributed by atoms with Gasteiger partial charge in [-0.3, -0.25) is 4.90 Å². The minimum atomic E-state index is -3.75. The molecule has 3 rings (SSSR count). The predicted octanol–water partition coefficient (Wildman–Crippen LogP) is 1.56. The van der Waals surface area contributed by atoms with E-state index in [9.17, 15) is 12.8 Å². The van der Waals surface area contributed by atoms with Crippen LogP contribution in [-0.4, -0.2) is 56.2 Å². The summed E-state index contributed by atoms with van der Waals surface area (Å²) in [5.74, 6) is -0.237. The Morgan fingerprint density at radius 3 is 2.81 bits per heavy atom. The number of halogens is 2. The monoisotopic (exact) mass is 419 g/mol. The molecule has 2 aromatic rings. The molecule has 1 atom stereocenters. The van der Waals surface area contributed by atoms with Crippen LogP contribution in [0.1, 0.15) is 25.7 Å². The average Bonchev–Trinajstić information content (AvgIpc) is 3.04. The maximum absolute atomic E-state index is 14.3. The van der Waals surface area contributed by atoms with Crippen molar-refractivity contribution >= 4 is 22.4 Å². The molecule has 11 heteroatoms. The fraction of sp³-hybridized carbons (Fsp3) is 0.500. The van der Waals surface area contributed by atoms with Gasteiger partial charge in [-0.2, -0.15) is 4.98 Å². The van der Waals surface area contributed by atoms with Crippen LogP contribution in [0.4, 0.5) is 4.39 Å². The molecule has 0 spiro atoms. The second-order valence-electron chi connectivity index (χ2n) is 6.58. The van der Waals surface area contributed by atoms with Crippen LogP contribution in [0.3, 0.4) is 0 Å². The Kier molecular flexibility index (Phi) is 6.92. The Balaban J connectivity index is 0.00000261. The summed E-state index contributed by atoms with van der Waals surface area (Å²) in [7, 11) is -1.80. The number of nitrogens with one attached hydrogen (secondary N) is 2. The van der Waals surface area contributed by atoms with Crippen molar-refractivity contribution in [2.75, 3.05) is 26.7 Å². The predicted molar refractivity (Wildman–Crippen MR) is 101 cm³/mol. The molecule has 27 heavy (non-hydrogen) atoms. The second kappa shape index (κ2) is 8.61. The summed E-state index contributed by atoms with van der Waals surface area (Å²) < 4.78 is 46.6. The van der Waals surface area contributed by atoms with E-state index in [0.717, 1.165) is 19.2 Å². The van der Waals surface area contributed by atoms with E-state index in [1.807, 2.05) is 7.05 Å². The van der Waals surface area contributed by atoms with Crippen molar-refractivity contribution in [2.24, 2.45) is 0 Å². The van der Waals surface area contributed by atoms with Crippen LogP contribution in [0.15, 0.2) is 27.6 Å². The van der Waals surface area contributed by atoms with E-state index in [4.69, 9.17) is 4.52 Å². The quantitative estimate of drug-likeness (QED) is 0.758. The van der Waals surface area contributed by atoms with E-state index in [-0.39, 0.29) is 40.8 Å². The molecule has 1 saturated heterocycles. The van der Waals surface area contributed by atoms with Gasteiger partial charge in [0.15, 0.2) is 5.82 Å². The number of sulfonamides is 1. The zero-order valence-corrected chi connectivity index (χ0v) is 16.9. The topological polar surface area (TPSA) is 100 Å². The Morgan fingerprint density at radius 2 is 2.15 bits per heavy atom. The first-order valence-electron chi connectivity index (χ1n) is 8.35. The van der Waals surface area contributed by atoms with Crippen LogP contribution in [0.2, 0.25) is 0 Å². The molecule has 2 heterocycles. The minimum Gasteiger partial charge on any atom is -0.334 e. The number of hydrogen-bond acceptors (Lipinski definition) is 7. The number of likely N-dealkylation sites (N-methyl/N-ethyl adjacent to an activating group) is 1. The molecule has 0 bridgehead atoms. The van der Waals surface area contributed by atoms with Gasteiger partial charge >= 0.3 is 0 Å². The van der Waals surface area contributed by atoms with Gasteiger partial charge < -0.3 is 9.84 Å². The Hall–Kier alpha value is -1.59. The normalized spacial score (nSPS) is 18.5. The summed E-state index contributed by atoms with van der Waals surface area (Å²) in [6.45, 7) is 5.78. The largest absolute Gasteiger partial charge is 0.334 e. The molecule has 2 N–H and O–H groups in total. The van der Waals surface area contributed by atoms with Gasteiger partial charge in [0.1, 0.15) is 5.82 Å². The zero-order valence-electron chi connectivity index (χ0n) is 15.3. The molecule has 0 aliphatic carbocycles. The molecule has 1 fully saturated rings. The van der Waals surface area contributed by atoms with Gasteiger partial charge in [0, 0.05) is 25.7 Å². The summed E-state index contributed by atoms with van der Waals surface area (Å²) in [6.07, 6.45) is 0. The highest BCUT2D eigenvalue weighted by Gasteiger charge is 2.27. The first kappa shape index (κ1) is 21.7.